The molecule has 0 aliphatic heterocycles. The SMILES string of the molecule is N/C(=C\C=[NH2+])c1ccc(-c2cccc3ccccc23)cc1. The second kappa shape index (κ2) is 5.63. The standard InChI is InChI=1S/C19H16N2/c20-13-12-19(21)16-10-8-15(9-11-16)18-7-3-5-14-4-1-2-6-17(14)18/h1-13,20H,21H2/p+1/b19-12-,20-13?. The number of fused-ring (bicyclic) bond motifs is 1. The van der Waals surface area contributed by atoms with Crippen molar-refractivity contribution in [3.8, 4) is 11.1 Å². The second-order valence-corrected chi connectivity index (χ2v) is 4.92. The lowest BCUT2D eigenvalue weighted by Crippen LogP contribution is -2.28. The van der Waals surface area contributed by atoms with Gasteiger partial charge < -0.3 is 5.73 Å². The Morgan fingerprint density at radius 2 is 1.57 bits per heavy atom. The molecule has 102 valence electrons. The second-order valence-electron chi connectivity index (χ2n) is 4.92. The molecule has 0 spiro atoms. The van der Waals surface area contributed by atoms with Crippen LogP contribution in [0.2, 0.25) is 0 Å². The van der Waals surface area contributed by atoms with Gasteiger partial charge in [0.15, 0.2) is 6.21 Å². The Morgan fingerprint density at radius 1 is 0.857 bits per heavy atom. The number of hydrogen-bond acceptors (Lipinski definition) is 1. The monoisotopic (exact) mass is 273 g/mol. The molecule has 2 heteroatoms. The van der Waals surface area contributed by atoms with Crippen LogP contribution in [-0.4, -0.2) is 6.21 Å². The van der Waals surface area contributed by atoms with Crippen LogP contribution < -0.4 is 11.1 Å². The highest BCUT2D eigenvalue weighted by molar-refractivity contribution is 5.96. The lowest BCUT2D eigenvalue weighted by Gasteiger charge is -2.08. The normalized spacial score (nSPS) is 11.5. The van der Waals surface area contributed by atoms with E-state index in [0.29, 0.717) is 5.70 Å². The number of rotatable bonds is 3. The minimum Gasteiger partial charge on any atom is -0.398 e. The van der Waals surface area contributed by atoms with Crippen LogP contribution in [-0.2, 0) is 0 Å². The van der Waals surface area contributed by atoms with E-state index in [1.54, 1.807) is 6.08 Å². The number of nitrogens with two attached hydrogens (primary N) is 2. The molecule has 3 rings (SSSR count). The average molecular weight is 273 g/mol. The van der Waals surface area contributed by atoms with Crippen molar-refractivity contribution in [1.29, 1.82) is 0 Å². The van der Waals surface area contributed by atoms with E-state index >= 15 is 0 Å². The molecule has 0 unspecified atom stereocenters. The first-order chi connectivity index (χ1) is 10.3. The van der Waals surface area contributed by atoms with Crippen LogP contribution in [0.25, 0.3) is 27.6 Å². The summed E-state index contributed by atoms with van der Waals surface area (Å²) in [5.74, 6) is 0. The Morgan fingerprint density at radius 3 is 2.33 bits per heavy atom. The zero-order chi connectivity index (χ0) is 14.7. The third-order valence-corrected chi connectivity index (χ3v) is 3.59. The summed E-state index contributed by atoms with van der Waals surface area (Å²) in [4.78, 5) is 0. The Labute approximate surface area is 124 Å². The van der Waals surface area contributed by atoms with Gasteiger partial charge >= 0.3 is 0 Å². The van der Waals surface area contributed by atoms with Gasteiger partial charge in [0.1, 0.15) is 0 Å². The van der Waals surface area contributed by atoms with Crippen LogP contribution >= 0.6 is 0 Å². The maximum atomic E-state index is 5.93. The van der Waals surface area contributed by atoms with Crippen molar-refractivity contribution in [2.24, 2.45) is 5.73 Å². The molecule has 0 saturated carbocycles. The summed E-state index contributed by atoms with van der Waals surface area (Å²) in [5.41, 5.74) is 9.99. The van der Waals surface area contributed by atoms with Gasteiger partial charge in [0.2, 0.25) is 0 Å². The molecule has 0 bridgehead atoms. The largest absolute Gasteiger partial charge is 0.398 e. The van der Waals surface area contributed by atoms with Gasteiger partial charge in [-0.3, -0.25) is 5.41 Å². The molecular formula is C19H17N2+. The maximum Gasteiger partial charge on any atom is 0.162 e. The molecule has 0 aromatic heterocycles. The van der Waals surface area contributed by atoms with Crippen molar-refractivity contribution in [3.05, 3.63) is 78.4 Å². The van der Waals surface area contributed by atoms with Gasteiger partial charge in [0.25, 0.3) is 0 Å². The maximum absolute atomic E-state index is 5.93. The van der Waals surface area contributed by atoms with Gasteiger partial charge in [-0.1, -0.05) is 66.7 Å². The summed E-state index contributed by atoms with van der Waals surface area (Å²) in [6.45, 7) is 0. The first-order valence-electron chi connectivity index (χ1n) is 6.89. The molecule has 0 radical (unpaired) electrons. The fraction of sp³-hybridized carbons (Fsp3) is 0. The average Bonchev–Trinajstić information content (AvgIpc) is 2.55. The van der Waals surface area contributed by atoms with Crippen molar-refractivity contribution < 1.29 is 5.41 Å². The zero-order valence-electron chi connectivity index (χ0n) is 11.7. The first-order valence-corrected chi connectivity index (χ1v) is 6.89. The van der Waals surface area contributed by atoms with Crippen LogP contribution in [0.4, 0.5) is 0 Å². The Balaban J connectivity index is 2.08. The molecule has 0 saturated heterocycles. The van der Waals surface area contributed by atoms with E-state index in [4.69, 9.17) is 11.1 Å². The molecule has 0 atom stereocenters. The molecule has 2 nitrogen and oxygen atoms in total. The van der Waals surface area contributed by atoms with Gasteiger partial charge in [-0.25, -0.2) is 0 Å². The van der Waals surface area contributed by atoms with Crippen molar-refractivity contribution in [2.45, 2.75) is 0 Å². The lowest BCUT2D eigenvalue weighted by atomic mass is 9.97. The Hall–Kier alpha value is -2.87. The van der Waals surface area contributed by atoms with Crippen LogP contribution in [0.15, 0.2) is 72.8 Å². The van der Waals surface area contributed by atoms with Crippen LogP contribution in [0.5, 0.6) is 0 Å². The summed E-state index contributed by atoms with van der Waals surface area (Å²) in [6.07, 6.45) is 3.15. The lowest BCUT2D eigenvalue weighted by molar-refractivity contribution is -0.104. The highest BCUT2D eigenvalue weighted by Gasteiger charge is 2.04. The van der Waals surface area contributed by atoms with E-state index in [0.717, 1.165) is 5.56 Å². The van der Waals surface area contributed by atoms with Gasteiger partial charge in [-0.2, -0.15) is 0 Å². The van der Waals surface area contributed by atoms with E-state index in [2.05, 4.69) is 54.6 Å². The van der Waals surface area contributed by atoms with Crippen LogP contribution in [0.1, 0.15) is 5.56 Å². The predicted molar refractivity (Wildman–Crippen MR) is 89.5 cm³/mol. The molecule has 21 heavy (non-hydrogen) atoms. The first kappa shape index (κ1) is 13.1. The van der Waals surface area contributed by atoms with Crippen LogP contribution in [0, 0.1) is 0 Å². The van der Waals surface area contributed by atoms with Crippen molar-refractivity contribution in [1.82, 2.24) is 0 Å². The molecular weight excluding hydrogens is 256 g/mol. The zero-order valence-corrected chi connectivity index (χ0v) is 11.7. The minimum absolute atomic E-state index is 0.668. The molecule has 0 aliphatic rings. The highest BCUT2D eigenvalue weighted by atomic mass is 14.6. The van der Waals surface area contributed by atoms with E-state index in [1.165, 1.54) is 28.1 Å². The summed E-state index contributed by atoms with van der Waals surface area (Å²) >= 11 is 0. The van der Waals surface area contributed by atoms with Gasteiger partial charge in [0, 0.05) is 11.8 Å². The van der Waals surface area contributed by atoms with E-state index in [1.807, 2.05) is 12.1 Å². The summed E-state index contributed by atoms with van der Waals surface area (Å²) in [7, 11) is 0. The Kier molecular flexibility index (Phi) is 3.52. The quantitative estimate of drug-likeness (QED) is 0.708. The van der Waals surface area contributed by atoms with Crippen molar-refractivity contribution >= 4 is 22.7 Å². The fourth-order valence-corrected chi connectivity index (χ4v) is 2.52. The smallest absolute Gasteiger partial charge is 0.162 e. The topological polar surface area (TPSA) is 51.6 Å². The van der Waals surface area contributed by atoms with E-state index in [-0.39, 0.29) is 0 Å². The van der Waals surface area contributed by atoms with Gasteiger partial charge in [-0.15, -0.1) is 0 Å². The van der Waals surface area contributed by atoms with E-state index < -0.39 is 0 Å². The number of allylic oxidation sites excluding steroid dienone is 1. The summed E-state index contributed by atoms with van der Waals surface area (Å²) in [5, 5.41) is 7.87. The number of benzene rings is 3. The van der Waals surface area contributed by atoms with Gasteiger partial charge in [0.05, 0.1) is 0 Å². The van der Waals surface area contributed by atoms with E-state index in [9.17, 15) is 0 Å². The molecule has 3 aromatic carbocycles. The molecule has 0 heterocycles. The van der Waals surface area contributed by atoms with Gasteiger partial charge in [-0.05, 0) is 27.5 Å². The molecule has 3 aromatic rings. The summed E-state index contributed by atoms with van der Waals surface area (Å²) < 4.78 is 0. The summed E-state index contributed by atoms with van der Waals surface area (Å²) in [6, 6.07) is 23.0. The molecule has 0 fully saturated rings. The molecule has 0 amide bonds. The van der Waals surface area contributed by atoms with Crippen LogP contribution in [0.3, 0.4) is 0 Å². The molecule has 4 N–H and O–H groups in total. The predicted octanol–water partition coefficient (Wildman–Crippen LogP) is 2.64. The minimum atomic E-state index is 0.668. The third kappa shape index (κ3) is 2.56. The number of hydrogen-bond donors (Lipinski definition) is 2. The van der Waals surface area contributed by atoms with Crippen molar-refractivity contribution in [3.63, 3.8) is 0 Å². The highest BCUT2D eigenvalue weighted by Crippen LogP contribution is 2.29. The third-order valence-electron chi connectivity index (χ3n) is 3.59. The fourth-order valence-electron chi connectivity index (χ4n) is 2.52. The van der Waals surface area contributed by atoms with Crippen molar-refractivity contribution in [2.75, 3.05) is 0 Å². The molecule has 0 aliphatic carbocycles. The Bertz CT molecular complexity index is 809.